The summed E-state index contributed by atoms with van der Waals surface area (Å²) in [5, 5.41) is 8.60. The number of aliphatic hydroxyl groups excluding tert-OH is 1. The molecule has 3 rings (SSSR count). The molecule has 1 fully saturated rings. The number of hydrogen-bond acceptors (Lipinski definition) is 16. The Labute approximate surface area is 270 Å². The SMILES string of the molecule is CO[C@@H]1[C@H](OCCOCCOCCOCCOCCOCCO)[C@@H](COP(=O)([O-])O)O[C@H]1n1cnc2c(N)ncnc21.[Na+]. The van der Waals surface area contributed by atoms with E-state index in [4.69, 9.17) is 53.6 Å². The maximum atomic E-state index is 11.2. The zero-order valence-electron chi connectivity index (χ0n) is 24.4. The first-order chi connectivity index (χ1) is 20.4. The van der Waals surface area contributed by atoms with Crippen LogP contribution in [0.5, 0.6) is 0 Å². The monoisotopic (exact) mass is 647 g/mol. The van der Waals surface area contributed by atoms with Crippen molar-refractivity contribution in [1.29, 1.82) is 0 Å². The van der Waals surface area contributed by atoms with Crippen LogP contribution in [0.4, 0.5) is 5.82 Å². The number of rotatable bonds is 23. The third kappa shape index (κ3) is 13.2. The van der Waals surface area contributed by atoms with Gasteiger partial charge in [0.1, 0.15) is 30.2 Å². The number of aliphatic hydroxyl groups is 1. The number of hydrogen-bond donors (Lipinski definition) is 3. The molecule has 0 spiro atoms. The van der Waals surface area contributed by atoms with Crippen LogP contribution in [0.3, 0.4) is 0 Å². The van der Waals surface area contributed by atoms with E-state index in [0.717, 1.165) is 0 Å². The van der Waals surface area contributed by atoms with Crippen molar-refractivity contribution >= 4 is 24.8 Å². The Morgan fingerprint density at radius 2 is 1.49 bits per heavy atom. The second kappa shape index (κ2) is 21.0. The Morgan fingerprint density at radius 1 is 0.930 bits per heavy atom. The maximum absolute atomic E-state index is 11.2. The minimum atomic E-state index is -5.01. The minimum absolute atomic E-state index is 0. The first-order valence-corrected chi connectivity index (χ1v) is 14.8. The number of phosphoric acid groups is 1. The number of phosphoric ester groups is 1. The Hall–Kier alpha value is -0.900. The summed E-state index contributed by atoms with van der Waals surface area (Å²) < 4.78 is 61.8. The van der Waals surface area contributed by atoms with Crippen molar-refractivity contribution in [1.82, 2.24) is 19.5 Å². The number of imidazole rings is 1. The van der Waals surface area contributed by atoms with Crippen LogP contribution >= 0.6 is 7.82 Å². The zero-order valence-corrected chi connectivity index (χ0v) is 27.2. The van der Waals surface area contributed by atoms with Gasteiger partial charge in [0, 0.05) is 7.11 Å². The first kappa shape index (κ1) is 38.3. The van der Waals surface area contributed by atoms with Gasteiger partial charge in [-0.15, -0.1) is 0 Å². The number of methoxy groups -OCH3 is 1. The summed E-state index contributed by atoms with van der Waals surface area (Å²) in [6, 6.07) is 0. The number of aromatic nitrogens is 4. The Morgan fingerprint density at radius 3 is 2.02 bits per heavy atom. The van der Waals surface area contributed by atoms with Gasteiger partial charge in [-0.3, -0.25) is 9.13 Å². The molecular weight excluding hydrogens is 608 g/mol. The van der Waals surface area contributed by atoms with Crippen LogP contribution in [-0.4, -0.2) is 141 Å². The van der Waals surface area contributed by atoms with Crippen molar-refractivity contribution in [3.63, 3.8) is 0 Å². The van der Waals surface area contributed by atoms with Crippen molar-refractivity contribution in [2.45, 2.75) is 24.5 Å². The van der Waals surface area contributed by atoms with E-state index >= 15 is 0 Å². The predicted molar refractivity (Wildman–Crippen MR) is 141 cm³/mol. The van der Waals surface area contributed by atoms with Crippen molar-refractivity contribution < 1.29 is 91.4 Å². The van der Waals surface area contributed by atoms with Gasteiger partial charge in [0.15, 0.2) is 17.7 Å². The molecule has 0 amide bonds. The van der Waals surface area contributed by atoms with Crippen LogP contribution in [0.2, 0.25) is 0 Å². The Balaban J connectivity index is 0.00000645. The fourth-order valence-corrected chi connectivity index (χ4v) is 4.37. The van der Waals surface area contributed by atoms with Gasteiger partial charge in [0.05, 0.1) is 92.2 Å². The van der Waals surface area contributed by atoms with Gasteiger partial charge in [0.2, 0.25) is 0 Å². The summed E-state index contributed by atoms with van der Waals surface area (Å²) in [5.41, 5.74) is 6.63. The van der Waals surface area contributed by atoms with Gasteiger partial charge in [-0.25, -0.2) is 15.0 Å². The number of nitrogens with two attached hydrogens (primary N) is 1. The largest absolute Gasteiger partial charge is 1.00 e. The predicted octanol–water partition coefficient (Wildman–Crippen LogP) is -4.74. The van der Waals surface area contributed by atoms with Crippen LogP contribution in [0.25, 0.3) is 11.2 Å². The van der Waals surface area contributed by atoms with Gasteiger partial charge >= 0.3 is 29.6 Å². The number of fused-ring (bicyclic) bond motifs is 1. The van der Waals surface area contributed by atoms with Crippen molar-refractivity contribution in [2.75, 3.05) is 98.7 Å². The fourth-order valence-electron chi connectivity index (χ4n) is 4.03. The van der Waals surface area contributed by atoms with E-state index in [1.165, 1.54) is 19.8 Å². The van der Waals surface area contributed by atoms with Gasteiger partial charge in [-0.1, -0.05) is 0 Å². The molecule has 0 radical (unpaired) electrons. The van der Waals surface area contributed by atoms with E-state index in [1.54, 1.807) is 4.57 Å². The molecule has 20 heteroatoms. The summed E-state index contributed by atoms with van der Waals surface area (Å²) in [4.78, 5) is 32.7. The van der Waals surface area contributed by atoms with Gasteiger partial charge in [0.25, 0.3) is 7.82 Å². The summed E-state index contributed by atoms with van der Waals surface area (Å²) >= 11 is 0. The van der Waals surface area contributed by atoms with Gasteiger partial charge in [-0.2, -0.15) is 0 Å². The van der Waals surface area contributed by atoms with E-state index in [9.17, 15) is 9.46 Å². The fraction of sp³-hybridized carbons (Fsp3) is 0.783. The van der Waals surface area contributed by atoms with Crippen molar-refractivity contribution in [2.24, 2.45) is 0 Å². The summed E-state index contributed by atoms with van der Waals surface area (Å²) in [5.74, 6) is 0.183. The molecular formula is C23H39N5NaO13P. The molecule has 43 heavy (non-hydrogen) atoms. The number of nitrogen functional groups attached to an aromatic ring is 1. The summed E-state index contributed by atoms with van der Waals surface area (Å²) in [7, 11) is -3.56. The van der Waals surface area contributed by atoms with Crippen LogP contribution in [-0.2, 0) is 47.0 Å². The number of anilines is 1. The van der Waals surface area contributed by atoms with Gasteiger partial charge in [-0.05, 0) is 0 Å². The molecule has 240 valence electrons. The zero-order chi connectivity index (χ0) is 30.2. The molecule has 5 atom stereocenters. The molecule has 1 aliphatic rings. The second-order valence-corrected chi connectivity index (χ2v) is 9.93. The smallest absolute Gasteiger partial charge is 0.756 e. The molecule has 3 heterocycles. The topological polar surface area (TPSA) is 233 Å². The molecule has 0 aliphatic carbocycles. The van der Waals surface area contributed by atoms with E-state index in [-0.39, 0.29) is 55.2 Å². The summed E-state index contributed by atoms with van der Waals surface area (Å²) in [6.45, 7) is 3.31. The third-order valence-electron chi connectivity index (χ3n) is 5.88. The quantitative estimate of drug-likeness (QED) is 0.0584. The summed E-state index contributed by atoms with van der Waals surface area (Å²) in [6.07, 6.45) is -0.545. The molecule has 1 unspecified atom stereocenters. The molecule has 1 aliphatic heterocycles. The minimum Gasteiger partial charge on any atom is -0.756 e. The molecule has 0 saturated carbocycles. The number of nitrogens with zero attached hydrogens (tertiary/aromatic N) is 4. The van der Waals surface area contributed by atoms with Gasteiger partial charge < -0.3 is 63.0 Å². The second-order valence-electron chi connectivity index (χ2n) is 8.73. The van der Waals surface area contributed by atoms with Crippen LogP contribution in [0.1, 0.15) is 6.23 Å². The molecule has 1 saturated heterocycles. The molecule has 0 bridgehead atoms. The Kier molecular flexibility index (Phi) is 18.7. The van der Waals surface area contributed by atoms with Crippen molar-refractivity contribution in [3.8, 4) is 0 Å². The molecule has 0 aromatic carbocycles. The molecule has 18 nitrogen and oxygen atoms in total. The van der Waals surface area contributed by atoms with E-state index in [1.807, 2.05) is 0 Å². The number of ether oxygens (including phenoxy) is 8. The van der Waals surface area contributed by atoms with E-state index < -0.39 is 39.0 Å². The molecule has 2 aromatic heterocycles. The third-order valence-corrected chi connectivity index (χ3v) is 6.36. The first-order valence-electron chi connectivity index (χ1n) is 13.3. The van der Waals surface area contributed by atoms with Crippen molar-refractivity contribution in [3.05, 3.63) is 12.7 Å². The Bertz CT molecular complexity index is 1080. The maximum Gasteiger partial charge on any atom is 1.00 e. The van der Waals surface area contributed by atoms with Crippen LogP contribution in [0.15, 0.2) is 12.7 Å². The van der Waals surface area contributed by atoms with E-state index in [0.29, 0.717) is 70.6 Å². The van der Waals surface area contributed by atoms with E-state index in [2.05, 4.69) is 19.5 Å². The molecule has 4 N–H and O–H groups in total. The van der Waals surface area contributed by atoms with Crippen LogP contribution in [0, 0.1) is 0 Å². The normalized spacial score (nSPS) is 21.7. The van der Waals surface area contributed by atoms with Crippen LogP contribution < -0.4 is 40.2 Å². The standard InChI is InChI=1S/C23H40N5O13P.Na/c1-33-20-19(39-13-12-38-11-10-37-9-8-36-7-6-35-5-4-34-3-2-29)17(14-40-42(30,31)32)41-23(20)28-16-27-18-21(24)25-15-26-22(18)28;/h15-17,19-20,23,29H,2-14H2,1H3,(H2,24,25,26)(H2,30,31,32);/q;+1/p-1/t17-,19-,20-,23-;/m1./s1. The average molecular weight is 648 g/mol. The molecule has 2 aromatic rings. The average Bonchev–Trinajstić information content (AvgIpc) is 3.55.